The molecule has 2 rings (SSSR count). The molecule has 1 aromatic rings. The topological polar surface area (TPSA) is 40.5 Å². The van der Waals surface area contributed by atoms with Gasteiger partial charge in [0.2, 0.25) is 0 Å². The van der Waals surface area contributed by atoms with Gasteiger partial charge in [0.25, 0.3) is 0 Å². The number of phenolic OH excluding ortho intramolecular Hbond substituents is 1. The molecule has 0 amide bonds. The van der Waals surface area contributed by atoms with Gasteiger partial charge in [-0.3, -0.25) is 9.69 Å². The summed E-state index contributed by atoms with van der Waals surface area (Å²) >= 11 is 1.96. The summed E-state index contributed by atoms with van der Waals surface area (Å²) in [5, 5.41) is 9.78. The van der Waals surface area contributed by atoms with Crippen LogP contribution in [-0.2, 0) is 0 Å². The zero-order valence-electron chi connectivity index (χ0n) is 9.93. The molecule has 3 nitrogen and oxygen atoms in total. The van der Waals surface area contributed by atoms with Crippen molar-refractivity contribution in [2.45, 2.75) is 12.2 Å². The first-order valence-corrected chi connectivity index (χ1v) is 6.86. The van der Waals surface area contributed by atoms with Crippen molar-refractivity contribution in [1.29, 1.82) is 0 Å². The molecule has 0 spiro atoms. The van der Waals surface area contributed by atoms with E-state index in [1.165, 1.54) is 0 Å². The number of Topliss-reactive ketones (excluding diaryl/α,β-unsaturated/α-hetero) is 1. The van der Waals surface area contributed by atoms with E-state index in [1.54, 1.807) is 24.3 Å². The molecule has 1 unspecified atom stereocenters. The summed E-state index contributed by atoms with van der Waals surface area (Å²) in [5.74, 6) is 1.43. The van der Waals surface area contributed by atoms with E-state index in [9.17, 15) is 9.90 Å². The average Bonchev–Trinajstić information content (AvgIpc) is 2.29. The number of rotatable bonds is 3. The zero-order chi connectivity index (χ0) is 12.3. The highest BCUT2D eigenvalue weighted by molar-refractivity contribution is 7.99. The van der Waals surface area contributed by atoms with Gasteiger partial charge in [-0.1, -0.05) is 6.92 Å². The van der Waals surface area contributed by atoms with Crippen molar-refractivity contribution in [3.63, 3.8) is 0 Å². The van der Waals surface area contributed by atoms with E-state index in [0.717, 1.165) is 18.8 Å². The second kappa shape index (κ2) is 5.56. The van der Waals surface area contributed by atoms with Gasteiger partial charge in [0.1, 0.15) is 5.75 Å². The third kappa shape index (κ3) is 3.48. The van der Waals surface area contributed by atoms with Crippen LogP contribution in [0.25, 0.3) is 0 Å². The third-order valence-electron chi connectivity index (χ3n) is 2.88. The molecule has 4 heteroatoms. The van der Waals surface area contributed by atoms with Crippen molar-refractivity contribution in [3.8, 4) is 5.75 Å². The van der Waals surface area contributed by atoms with Gasteiger partial charge in [-0.15, -0.1) is 0 Å². The molecule has 0 aromatic heterocycles. The van der Waals surface area contributed by atoms with Gasteiger partial charge in [-0.2, -0.15) is 11.8 Å². The molecule has 1 N–H and O–H groups in total. The van der Waals surface area contributed by atoms with E-state index >= 15 is 0 Å². The number of benzene rings is 1. The third-order valence-corrected chi connectivity index (χ3v) is 4.02. The SMILES string of the molecule is CC1CN(CC(=O)c2ccc(O)cc2)CCS1. The van der Waals surface area contributed by atoms with E-state index in [0.29, 0.717) is 17.4 Å². The van der Waals surface area contributed by atoms with Crippen LogP contribution in [0.1, 0.15) is 17.3 Å². The minimum absolute atomic E-state index is 0.129. The molecule has 1 aliphatic rings. The lowest BCUT2D eigenvalue weighted by Crippen LogP contribution is -2.39. The van der Waals surface area contributed by atoms with Gasteiger partial charge in [0.05, 0.1) is 6.54 Å². The van der Waals surface area contributed by atoms with Gasteiger partial charge in [-0.25, -0.2) is 0 Å². The van der Waals surface area contributed by atoms with E-state index in [4.69, 9.17) is 0 Å². The Morgan fingerprint density at radius 3 is 2.82 bits per heavy atom. The highest BCUT2D eigenvalue weighted by atomic mass is 32.2. The molecule has 0 bridgehead atoms. The summed E-state index contributed by atoms with van der Waals surface area (Å²) in [4.78, 5) is 14.2. The summed E-state index contributed by atoms with van der Waals surface area (Å²) in [6, 6.07) is 6.48. The van der Waals surface area contributed by atoms with Crippen molar-refractivity contribution >= 4 is 17.5 Å². The fraction of sp³-hybridized carbons (Fsp3) is 0.462. The summed E-state index contributed by atoms with van der Waals surface area (Å²) in [7, 11) is 0. The summed E-state index contributed by atoms with van der Waals surface area (Å²) in [6.45, 7) is 4.64. The van der Waals surface area contributed by atoms with Gasteiger partial charge >= 0.3 is 0 Å². The predicted molar refractivity (Wildman–Crippen MR) is 70.8 cm³/mol. The number of carbonyl (C=O) groups is 1. The largest absolute Gasteiger partial charge is 0.508 e. The molecule has 0 radical (unpaired) electrons. The Bertz CT molecular complexity index is 391. The highest BCUT2D eigenvalue weighted by Gasteiger charge is 2.19. The van der Waals surface area contributed by atoms with Crippen LogP contribution < -0.4 is 0 Å². The highest BCUT2D eigenvalue weighted by Crippen LogP contribution is 2.18. The van der Waals surface area contributed by atoms with Crippen molar-refractivity contribution in [2.24, 2.45) is 0 Å². The van der Waals surface area contributed by atoms with Crippen LogP contribution in [0.5, 0.6) is 5.75 Å². The van der Waals surface area contributed by atoms with E-state index < -0.39 is 0 Å². The zero-order valence-corrected chi connectivity index (χ0v) is 10.7. The number of thioether (sulfide) groups is 1. The smallest absolute Gasteiger partial charge is 0.176 e. The molecule has 1 fully saturated rings. The van der Waals surface area contributed by atoms with E-state index in [-0.39, 0.29) is 11.5 Å². The fourth-order valence-corrected chi connectivity index (χ4v) is 3.06. The first-order valence-electron chi connectivity index (χ1n) is 5.81. The molecular weight excluding hydrogens is 234 g/mol. The van der Waals surface area contributed by atoms with Crippen molar-refractivity contribution in [2.75, 3.05) is 25.4 Å². The number of nitrogens with zero attached hydrogens (tertiary/aromatic N) is 1. The quantitative estimate of drug-likeness (QED) is 0.834. The van der Waals surface area contributed by atoms with Crippen LogP contribution in [0.4, 0.5) is 0 Å². The van der Waals surface area contributed by atoms with Crippen LogP contribution in [-0.4, -0.2) is 46.4 Å². The lowest BCUT2D eigenvalue weighted by atomic mass is 10.1. The molecule has 0 saturated carbocycles. The first kappa shape index (κ1) is 12.5. The predicted octanol–water partition coefficient (Wildman–Crippen LogP) is 2.01. The molecular formula is C13H17NO2S. The number of ketones is 1. The monoisotopic (exact) mass is 251 g/mol. The summed E-state index contributed by atoms with van der Waals surface area (Å²) in [5.41, 5.74) is 0.675. The van der Waals surface area contributed by atoms with E-state index in [2.05, 4.69) is 11.8 Å². The van der Waals surface area contributed by atoms with Crippen LogP contribution in [0, 0.1) is 0 Å². The van der Waals surface area contributed by atoms with Gasteiger partial charge in [0, 0.05) is 29.7 Å². The number of hydrogen-bond donors (Lipinski definition) is 1. The number of hydrogen-bond acceptors (Lipinski definition) is 4. The Labute approximate surface area is 106 Å². The minimum atomic E-state index is 0.129. The summed E-state index contributed by atoms with van der Waals surface area (Å²) < 4.78 is 0. The Balaban J connectivity index is 1.94. The van der Waals surface area contributed by atoms with Crippen molar-refractivity contribution < 1.29 is 9.90 Å². The lowest BCUT2D eigenvalue weighted by Gasteiger charge is -2.29. The van der Waals surface area contributed by atoms with Crippen molar-refractivity contribution in [1.82, 2.24) is 4.90 Å². The van der Waals surface area contributed by atoms with E-state index in [1.807, 2.05) is 11.8 Å². The van der Waals surface area contributed by atoms with Crippen LogP contribution in [0.2, 0.25) is 0 Å². The standard InChI is InChI=1S/C13H17NO2S/c1-10-8-14(6-7-17-10)9-13(16)11-2-4-12(15)5-3-11/h2-5,10,15H,6-9H2,1H3. The normalized spacial score (nSPS) is 21.4. The van der Waals surface area contributed by atoms with Gasteiger partial charge in [-0.05, 0) is 24.3 Å². The van der Waals surface area contributed by atoms with Crippen LogP contribution >= 0.6 is 11.8 Å². The molecule has 0 aliphatic carbocycles. The van der Waals surface area contributed by atoms with Gasteiger partial charge < -0.3 is 5.11 Å². The average molecular weight is 251 g/mol. The maximum atomic E-state index is 12.0. The number of phenols is 1. The van der Waals surface area contributed by atoms with Crippen molar-refractivity contribution in [3.05, 3.63) is 29.8 Å². The second-order valence-corrected chi connectivity index (χ2v) is 5.93. The Hall–Kier alpha value is -1.00. The Morgan fingerprint density at radius 2 is 2.18 bits per heavy atom. The lowest BCUT2D eigenvalue weighted by molar-refractivity contribution is 0.0934. The molecule has 1 aromatic carbocycles. The Kier molecular flexibility index (Phi) is 4.07. The maximum Gasteiger partial charge on any atom is 0.176 e. The minimum Gasteiger partial charge on any atom is -0.508 e. The Morgan fingerprint density at radius 1 is 1.47 bits per heavy atom. The van der Waals surface area contributed by atoms with Crippen LogP contribution in [0.3, 0.4) is 0 Å². The second-order valence-electron chi connectivity index (χ2n) is 4.39. The molecule has 1 atom stereocenters. The van der Waals surface area contributed by atoms with Gasteiger partial charge in [0.15, 0.2) is 5.78 Å². The molecule has 1 heterocycles. The first-order chi connectivity index (χ1) is 8.15. The molecule has 1 saturated heterocycles. The fourth-order valence-electron chi connectivity index (χ4n) is 1.98. The van der Waals surface area contributed by atoms with Crippen LogP contribution in [0.15, 0.2) is 24.3 Å². The summed E-state index contributed by atoms with van der Waals surface area (Å²) in [6.07, 6.45) is 0. The molecule has 17 heavy (non-hydrogen) atoms. The molecule has 92 valence electrons. The number of carbonyl (C=O) groups excluding carboxylic acids is 1. The number of aromatic hydroxyl groups is 1. The molecule has 1 aliphatic heterocycles. The maximum absolute atomic E-state index is 12.0.